The van der Waals surface area contributed by atoms with Gasteiger partial charge >= 0.3 is 0 Å². The molecule has 1 aromatic heterocycles. The maximum absolute atomic E-state index is 12.2. The molecule has 2 amide bonds. The van der Waals surface area contributed by atoms with Crippen LogP contribution in [0.1, 0.15) is 29.8 Å². The van der Waals surface area contributed by atoms with Gasteiger partial charge in [0, 0.05) is 31.3 Å². The quantitative estimate of drug-likeness (QED) is 0.884. The van der Waals surface area contributed by atoms with E-state index in [0.717, 1.165) is 12.8 Å². The van der Waals surface area contributed by atoms with Crippen molar-refractivity contribution >= 4 is 11.8 Å². The summed E-state index contributed by atoms with van der Waals surface area (Å²) in [6.07, 6.45) is 3.82. The van der Waals surface area contributed by atoms with Crippen molar-refractivity contribution < 1.29 is 14.3 Å². The number of nitrogens with zero attached hydrogens (tertiary/aromatic N) is 1. The number of hydrogen-bond donors (Lipinski definition) is 2. The normalized spacial score (nSPS) is 17.0. The van der Waals surface area contributed by atoms with Crippen LogP contribution in [0.25, 0.3) is 0 Å². The van der Waals surface area contributed by atoms with Crippen molar-refractivity contribution in [2.75, 3.05) is 6.54 Å². The van der Waals surface area contributed by atoms with Gasteiger partial charge in [-0.1, -0.05) is 18.2 Å². The predicted octanol–water partition coefficient (Wildman–Crippen LogP) is 2.27. The lowest BCUT2D eigenvalue weighted by atomic mass is 10.0. The van der Waals surface area contributed by atoms with E-state index >= 15 is 0 Å². The molecule has 2 N–H and O–H groups in total. The number of hydrogen-bond acceptors (Lipinski definition) is 4. The monoisotopic (exact) mass is 325 g/mol. The van der Waals surface area contributed by atoms with Gasteiger partial charge in [-0.2, -0.15) is 0 Å². The summed E-state index contributed by atoms with van der Waals surface area (Å²) in [5.41, 5.74) is 0.283. The van der Waals surface area contributed by atoms with E-state index in [1.807, 2.05) is 30.3 Å². The fourth-order valence-electron chi connectivity index (χ4n) is 2.56. The largest absolute Gasteiger partial charge is 0.457 e. The van der Waals surface area contributed by atoms with E-state index in [9.17, 15) is 9.59 Å². The van der Waals surface area contributed by atoms with Crippen LogP contribution in [-0.2, 0) is 4.79 Å². The molecule has 1 atom stereocenters. The number of aromatic nitrogens is 1. The summed E-state index contributed by atoms with van der Waals surface area (Å²) in [7, 11) is 0. The van der Waals surface area contributed by atoms with Gasteiger partial charge in [0.05, 0.1) is 0 Å². The molecule has 0 aliphatic carbocycles. The van der Waals surface area contributed by atoms with Crippen molar-refractivity contribution in [1.82, 2.24) is 15.6 Å². The second-order valence-electron chi connectivity index (χ2n) is 5.66. The third-order valence-corrected chi connectivity index (χ3v) is 3.77. The van der Waals surface area contributed by atoms with Gasteiger partial charge in [-0.25, -0.2) is 0 Å². The molecule has 0 unspecified atom stereocenters. The molecule has 0 radical (unpaired) electrons. The third-order valence-electron chi connectivity index (χ3n) is 3.77. The standard InChI is InChI=1S/C18H19N3O3/c22-17-8-4-5-13(21-17)12-20-18(23)16-11-15(9-10-19-16)24-14-6-2-1-3-7-14/h1-3,6-7,9-11,13H,4-5,8,12H2,(H,20,23)(H,21,22)/t13-/m1/s1. The zero-order valence-electron chi connectivity index (χ0n) is 13.2. The Balaban J connectivity index is 1.58. The molecule has 3 rings (SSSR count). The number of nitrogens with one attached hydrogen (secondary N) is 2. The second kappa shape index (κ2) is 7.59. The topological polar surface area (TPSA) is 80.3 Å². The molecule has 1 aliphatic rings. The van der Waals surface area contributed by atoms with Crippen LogP contribution in [0.4, 0.5) is 0 Å². The Morgan fingerprint density at radius 3 is 2.88 bits per heavy atom. The van der Waals surface area contributed by atoms with Crippen molar-refractivity contribution in [3.8, 4) is 11.5 Å². The Bertz CT molecular complexity index is 718. The first-order valence-electron chi connectivity index (χ1n) is 7.97. The van der Waals surface area contributed by atoms with Gasteiger partial charge in [0.1, 0.15) is 17.2 Å². The Kier molecular flexibility index (Phi) is 5.05. The number of benzene rings is 1. The van der Waals surface area contributed by atoms with Crippen LogP contribution in [0, 0.1) is 0 Å². The van der Waals surface area contributed by atoms with Gasteiger partial charge in [0.2, 0.25) is 5.91 Å². The van der Waals surface area contributed by atoms with E-state index < -0.39 is 0 Å². The van der Waals surface area contributed by atoms with Crippen molar-refractivity contribution in [3.63, 3.8) is 0 Å². The highest BCUT2D eigenvalue weighted by Gasteiger charge is 2.19. The van der Waals surface area contributed by atoms with Crippen molar-refractivity contribution in [2.24, 2.45) is 0 Å². The maximum Gasteiger partial charge on any atom is 0.270 e. The fourth-order valence-corrected chi connectivity index (χ4v) is 2.56. The van der Waals surface area contributed by atoms with Crippen LogP contribution < -0.4 is 15.4 Å². The van der Waals surface area contributed by atoms with E-state index in [-0.39, 0.29) is 23.6 Å². The number of carbonyl (C=O) groups excluding carboxylic acids is 2. The lowest BCUT2D eigenvalue weighted by Gasteiger charge is -2.23. The number of pyridine rings is 1. The molecule has 1 saturated heterocycles. The van der Waals surface area contributed by atoms with Gasteiger partial charge in [0.15, 0.2) is 0 Å². The Morgan fingerprint density at radius 1 is 1.25 bits per heavy atom. The van der Waals surface area contributed by atoms with Crippen LogP contribution in [0.3, 0.4) is 0 Å². The summed E-state index contributed by atoms with van der Waals surface area (Å²) in [6, 6.07) is 12.6. The number of amides is 2. The molecule has 1 fully saturated rings. The lowest BCUT2D eigenvalue weighted by molar-refractivity contribution is -0.123. The second-order valence-corrected chi connectivity index (χ2v) is 5.66. The van der Waals surface area contributed by atoms with E-state index in [1.165, 1.54) is 6.20 Å². The fraction of sp³-hybridized carbons (Fsp3) is 0.278. The minimum Gasteiger partial charge on any atom is -0.457 e. The molecule has 24 heavy (non-hydrogen) atoms. The zero-order chi connectivity index (χ0) is 16.8. The molecular formula is C18H19N3O3. The lowest BCUT2D eigenvalue weighted by Crippen LogP contribution is -2.46. The molecule has 124 valence electrons. The molecule has 2 aromatic rings. The van der Waals surface area contributed by atoms with Crippen LogP contribution in [-0.4, -0.2) is 29.4 Å². The van der Waals surface area contributed by atoms with Crippen molar-refractivity contribution in [3.05, 3.63) is 54.4 Å². The van der Waals surface area contributed by atoms with Crippen LogP contribution in [0.2, 0.25) is 0 Å². The Labute approximate surface area is 140 Å². The Hall–Kier alpha value is -2.89. The number of carbonyl (C=O) groups is 2. The summed E-state index contributed by atoms with van der Waals surface area (Å²) in [4.78, 5) is 27.7. The van der Waals surface area contributed by atoms with Gasteiger partial charge < -0.3 is 15.4 Å². The summed E-state index contributed by atoms with van der Waals surface area (Å²) in [5.74, 6) is 0.998. The Morgan fingerprint density at radius 2 is 2.08 bits per heavy atom. The molecule has 0 spiro atoms. The predicted molar refractivity (Wildman–Crippen MR) is 88.9 cm³/mol. The highest BCUT2D eigenvalue weighted by Crippen LogP contribution is 2.20. The van der Waals surface area contributed by atoms with Crippen LogP contribution in [0.5, 0.6) is 11.5 Å². The van der Waals surface area contributed by atoms with Gasteiger partial charge in [-0.05, 0) is 31.0 Å². The molecule has 0 saturated carbocycles. The van der Waals surface area contributed by atoms with Gasteiger partial charge in [-0.3, -0.25) is 14.6 Å². The third kappa shape index (κ3) is 4.32. The van der Waals surface area contributed by atoms with E-state index in [2.05, 4.69) is 15.6 Å². The van der Waals surface area contributed by atoms with E-state index in [4.69, 9.17) is 4.74 Å². The molecular weight excluding hydrogens is 306 g/mol. The highest BCUT2D eigenvalue weighted by molar-refractivity contribution is 5.92. The first-order valence-corrected chi connectivity index (χ1v) is 7.97. The molecule has 1 aliphatic heterocycles. The van der Waals surface area contributed by atoms with Gasteiger partial charge in [-0.15, -0.1) is 0 Å². The van der Waals surface area contributed by atoms with Gasteiger partial charge in [0.25, 0.3) is 5.91 Å². The maximum atomic E-state index is 12.2. The number of rotatable bonds is 5. The average Bonchev–Trinajstić information content (AvgIpc) is 2.61. The van der Waals surface area contributed by atoms with Crippen molar-refractivity contribution in [1.29, 1.82) is 0 Å². The number of piperidine rings is 1. The average molecular weight is 325 g/mol. The first kappa shape index (κ1) is 16.0. The van der Waals surface area contributed by atoms with Crippen molar-refractivity contribution in [2.45, 2.75) is 25.3 Å². The van der Waals surface area contributed by atoms with E-state index in [1.54, 1.807) is 12.1 Å². The highest BCUT2D eigenvalue weighted by atomic mass is 16.5. The number of para-hydroxylation sites is 1. The molecule has 2 heterocycles. The smallest absolute Gasteiger partial charge is 0.270 e. The first-order chi connectivity index (χ1) is 11.7. The SMILES string of the molecule is O=C1CCC[C@H](CNC(=O)c2cc(Oc3ccccc3)ccn2)N1. The van der Waals surface area contributed by atoms with Crippen LogP contribution in [0.15, 0.2) is 48.7 Å². The summed E-state index contributed by atoms with van der Waals surface area (Å²) in [6.45, 7) is 0.399. The zero-order valence-corrected chi connectivity index (χ0v) is 13.2. The summed E-state index contributed by atoms with van der Waals surface area (Å²) < 4.78 is 5.70. The summed E-state index contributed by atoms with van der Waals surface area (Å²) in [5, 5.41) is 5.68. The molecule has 0 bridgehead atoms. The molecule has 1 aromatic carbocycles. The van der Waals surface area contributed by atoms with E-state index in [0.29, 0.717) is 24.5 Å². The minimum atomic E-state index is -0.284. The summed E-state index contributed by atoms with van der Waals surface area (Å²) >= 11 is 0. The van der Waals surface area contributed by atoms with Crippen LogP contribution >= 0.6 is 0 Å². The molecule has 6 heteroatoms. The number of ether oxygens (including phenoxy) is 1. The minimum absolute atomic E-state index is 0.0149. The molecule has 6 nitrogen and oxygen atoms in total.